The fourth-order valence-corrected chi connectivity index (χ4v) is 3.29. The maximum Gasteiger partial charge on any atom is 0.347 e. The number of methoxy groups -OCH3 is 1. The van der Waals surface area contributed by atoms with Gasteiger partial charge in [0.1, 0.15) is 11.5 Å². The van der Waals surface area contributed by atoms with Crippen molar-refractivity contribution >= 4 is 17.6 Å². The van der Waals surface area contributed by atoms with Gasteiger partial charge in [-0.25, -0.2) is 4.79 Å². The summed E-state index contributed by atoms with van der Waals surface area (Å²) in [6.45, 7) is 5.89. The molecule has 0 aromatic heterocycles. The van der Waals surface area contributed by atoms with Gasteiger partial charge in [-0.1, -0.05) is 12.1 Å². The van der Waals surface area contributed by atoms with E-state index in [1.165, 1.54) is 0 Å². The van der Waals surface area contributed by atoms with Gasteiger partial charge in [-0.05, 0) is 55.8 Å². The number of anilines is 1. The fraction of sp³-hybridized carbons (Fsp3) is 0.391. The standard InChI is InChI=1S/C23H28N2O5/c1-17-5-4-6-21(15-17)30-18(2)23(27)29-16-22(26)25-13-11-24(12-14-25)19-7-9-20(28-3)10-8-19/h4-10,15,18H,11-14,16H2,1-3H3/t18-/m0/s1. The summed E-state index contributed by atoms with van der Waals surface area (Å²) in [5.74, 6) is 0.664. The zero-order valence-corrected chi connectivity index (χ0v) is 17.7. The van der Waals surface area contributed by atoms with Gasteiger partial charge in [0.2, 0.25) is 0 Å². The van der Waals surface area contributed by atoms with E-state index in [1.807, 2.05) is 49.4 Å². The molecule has 0 spiro atoms. The molecule has 1 saturated heterocycles. The predicted octanol–water partition coefficient (Wildman–Crippen LogP) is 2.66. The molecule has 1 amide bonds. The molecule has 1 heterocycles. The van der Waals surface area contributed by atoms with E-state index in [0.29, 0.717) is 18.8 Å². The van der Waals surface area contributed by atoms with Gasteiger partial charge in [0, 0.05) is 31.9 Å². The molecule has 7 heteroatoms. The first-order chi connectivity index (χ1) is 14.5. The maximum atomic E-state index is 12.4. The molecule has 7 nitrogen and oxygen atoms in total. The molecule has 0 bridgehead atoms. The summed E-state index contributed by atoms with van der Waals surface area (Å²) in [6.07, 6.45) is -0.786. The van der Waals surface area contributed by atoms with Gasteiger partial charge in [0.05, 0.1) is 7.11 Å². The Balaban J connectivity index is 1.42. The summed E-state index contributed by atoms with van der Waals surface area (Å²) in [5, 5.41) is 0. The normalized spacial score (nSPS) is 14.8. The van der Waals surface area contributed by atoms with Crippen LogP contribution < -0.4 is 14.4 Å². The largest absolute Gasteiger partial charge is 0.497 e. The molecule has 0 N–H and O–H groups in total. The lowest BCUT2D eigenvalue weighted by atomic mass is 10.2. The van der Waals surface area contributed by atoms with Gasteiger partial charge in [0.15, 0.2) is 12.7 Å². The third kappa shape index (κ3) is 5.65. The van der Waals surface area contributed by atoms with Crippen LogP contribution in [0.15, 0.2) is 48.5 Å². The van der Waals surface area contributed by atoms with E-state index < -0.39 is 12.1 Å². The van der Waals surface area contributed by atoms with Crippen molar-refractivity contribution in [3.63, 3.8) is 0 Å². The molecule has 160 valence electrons. The molecule has 3 rings (SSSR count). The lowest BCUT2D eigenvalue weighted by Gasteiger charge is -2.36. The number of amides is 1. The van der Waals surface area contributed by atoms with Crippen LogP contribution in [0.3, 0.4) is 0 Å². The van der Waals surface area contributed by atoms with Crippen LogP contribution in [-0.4, -0.2) is 62.8 Å². The number of hydrogen-bond donors (Lipinski definition) is 0. The van der Waals surface area contributed by atoms with E-state index in [9.17, 15) is 9.59 Å². The molecule has 1 aliphatic rings. The second-order valence-corrected chi connectivity index (χ2v) is 7.25. The molecule has 1 atom stereocenters. The Morgan fingerprint density at radius 1 is 1.00 bits per heavy atom. The van der Waals surface area contributed by atoms with Crippen LogP contribution in [0.1, 0.15) is 12.5 Å². The molecule has 1 aliphatic heterocycles. The minimum Gasteiger partial charge on any atom is -0.497 e. The number of esters is 1. The number of benzene rings is 2. The first-order valence-corrected chi connectivity index (χ1v) is 10.0. The van der Waals surface area contributed by atoms with E-state index in [1.54, 1.807) is 25.0 Å². The minimum atomic E-state index is -0.786. The van der Waals surface area contributed by atoms with Crippen LogP contribution in [-0.2, 0) is 14.3 Å². The highest BCUT2D eigenvalue weighted by Crippen LogP contribution is 2.20. The first-order valence-electron chi connectivity index (χ1n) is 10.0. The number of nitrogens with zero attached hydrogens (tertiary/aromatic N) is 2. The van der Waals surface area contributed by atoms with Crippen LogP contribution >= 0.6 is 0 Å². The van der Waals surface area contributed by atoms with Crippen LogP contribution in [0.4, 0.5) is 5.69 Å². The Kier molecular flexibility index (Phi) is 7.17. The van der Waals surface area contributed by atoms with E-state index in [0.717, 1.165) is 30.1 Å². The number of piperazine rings is 1. The lowest BCUT2D eigenvalue weighted by Crippen LogP contribution is -2.50. The van der Waals surface area contributed by atoms with Crippen LogP contribution in [0, 0.1) is 6.92 Å². The van der Waals surface area contributed by atoms with Crippen LogP contribution in [0.25, 0.3) is 0 Å². The summed E-state index contributed by atoms with van der Waals surface area (Å²) < 4.78 is 16.0. The van der Waals surface area contributed by atoms with Gasteiger partial charge in [-0.2, -0.15) is 0 Å². The third-order valence-electron chi connectivity index (χ3n) is 5.04. The molecule has 0 unspecified atom stereocenters. The average Bonchev–Trinajstić information content (AvgIpc) is 2.77. The summed E-state index contributed by atoms with van der Waals surface area (Å²) in [6, 6.07) is 15.3. The minimum absolute atomic E-state index is 0.194. The molecule has 2 aromatic rings. The van der Waals surface area contributed by atoms with Gasteiger partial charge < -0.3 is 24.0 Å². The van der Waals surface area contributed by atoms with Gasteiger partial charge in [-0.15, -0.1) is 0 Å². The van der Waals surface area contributed by atoms with Crippen LogP contribution in [0.5, 0.6) is 11.5 Å². The summed E-state index contributed by atoms with van der Waals surface area (Å²) in [5.41, 5.74) is 2.13. The smallest absolute Gasteiger partial charge is 0.347 e. The van der Waals surface area contributed by atoms with Crippen molar-refractivity contribution in [3.8, 4) is 11.5 Å². The predicted molar refractivity (Wildman–Crippen MR) is 114 cm³/mol. The average molecular weight is 412 g/mol. The second kappa shape index (κ2) is 10.0. The molecule has 1 fully saturated rings. The lowest BCUT2D eigenvalue weighted by molar-refractivity contribution is -0.157. The van der Waals surface area contributed by atoms with Crippen molar-refractivity contribution in [2.75, 3.05) is 44.8 Å². The molecular weight excluding hydrogens is 384 g/mol. The highest BCUT2D eigenvalue weighted by molar-refractivity contribution is 5.82. The summed E-state index contributed by atoms with van der Waals surface area (Å²) >= 11 is 0. The SMILES string of the molecule is COc1ccc(N2CCN(C(=O)COC(=O)[C@H](C)Oc3cccc(C)c3)CC2)cc1. The molecule has 0 saturated carbocycles. The quantitative estimate of drug-likeness (QED) is 0.652. The molecule has 30 heavy (non-hydrogen) atoms. The van der Waals surface area contributed by atoms with Crippen molar-refractivity contribution < 1.29 is 23.8 Å². The highest BCUT2D eigenvalue weighted by atomic mass is 16.6. The number of aryl methyl sites for hydroxylation is 1. The van der Waals surface area contributed by atoms with Crippen molar-refractivity contribution in [3.05, 3.63) is 54.1 Å². The molecule has 2 aromatic carbocycles. The summed E-state index contributed by atoms with van der Waals surface area (Å²) in [4.78, 5) is 28.5. The monoisotopic (exact) mass is 412 g/mol. The second-order valence-electron chi connectivity index (χ2n) is 7.25. The molecule has 0 aliphatic carbocycles. The first kappa shape index (κ1) is 21.5. The zero-order valence-electron chi connectivity index (χ0n) is 17.7. The topological polar surface area (TPSA) is 68.3 Å². The number of ether oxygens (including phenoxy) is 3. The van der Waals surface area contributed by atoms with Gasteiger partial charge >= 0.3 is 5.97 Å². The van der Waals surface area contributed by atoms with Crippen molar-refractivity contribution in [1.29, 1.82) is 0 Å². The van der Waals surface area contributed by atoms with E-state index in [4.69, 9.17) is 14.2 Å². The number of carbonyl (C=O) groups is 2. The zero-order chi connectivity index (χ0) is 21.5. The Bertz CT molecular complexity index is 860. The molecule has 0 radical (unpaired) electrons. The number of rotatable bonds is 7. The summed E-state index contributed by atoms with van der Waals surface area (Å²) in [7, 11) is 1.64. The number of carbonyl (C=O) groups excluding carboxylic acids is 2. The van der Waals surface area contributed by atoms with Gasteiger partial charge in [-0.3, -0.25) is 4.79 Å². The Morgan fingerprint density at radius 3 is 2.33 bits per heavy atom. The van der Waals surface area contributed by atoms with Crippen LogP contribution in [0.2, 0.25) is 0 Å². The maximum absolute atomic E-state index is 12.4. The van der Waals surface area contributed by atoms with E-state index >= 15 is 0 Å². The highest BCUT2D eigenvalue weighted by Gasteiger charge is 2.24. The number of hydrogen-bond acceptors (Lipinski definition) is 6. The van der Waals surface area contributed by atoms with Crippen molar-refractivity contribution in [1.82, 2.24) is 4.90 Å². The van der Waals surface area contributed by atoms with E-state index in [-0.39, 0.29) is 12.5 Å². The van der Waals surface area contributed by atoms with Crippen molar-refractivity contribution in [2.45, 2.75) is 20.0 Å². The van der Waals surface area contributed by atoms with Crippen molar-refractivity contribution in [2.24, 2.45) is 0 Å². The third-order valence-corrected chi connectivity index (χ3v) is 5.04. The Morgan fingerprint density at radius 2 is 1.70 bits per heavy atom. The van der Waals surface area contributed by atoms with E-state index in [2.05, 4.69) is 4.90 Å². The Hall–Kier alpha value is -3.22. The Labute approximate surface area is 177 Å². The fourth-order valence-electron chi connectivity index (χ4n) is 3.29. The van der Waals surface area contributed by atoms with Gasteiger partial charge in [0.25, 0.3) is 5.91 Å². The molecular formula is C23H28N2O5.